The molecule has 1 heterocycles. The molecule has 0 aromatic carbocycles. The number of rotatable bonds is 5. The van der Waals surface area contributed by atoms with E-state index in [-0.39, 0.29) is 0 Å². The minimum Gasteiger partial charge on any atom is -0.340 e. The fourth-order valence-corrected chi connectivity index (χ4v) is 0.988. The lowest BCUT2D eigenvalue weighted by atomic mass is 10.4. The Kier molecular flexibility index (Phi) is 3.76. The highest BCUT2D eigenvalue weighted by Gasteiger charge is 1.93. The van der Waals surface area contributed by atoms with E-state index in [9.17, 15) is 0 Å². The minimum absolute atomic E-state index is 0.850. The molecule has 1 rings (SSSR count). The van der Waals surface area contributed by atoms with E-state index in [1.807, 2.05) is 31.2 Å². The van der Waals surface area contributed by atoms with Gasteiger partial charge in [-0.15, -0.1) is 0 Å². The Morgan fingerprint density at radius 1 is 1.50 bits per heavy atom. The van der Waals surface area contributed by atoms with Gasteiger partial charge in [-0.2, -0.15) is 0 Å². The van der Waals surface area contributed by atoms with E-state index < -0.39 is 0 Å². The van der Waals surface area contributed by atoms with Crippen molar-refractivity contribution >= 4 is 0 Å². The molecule has 12 heavy (non-hydrogen) atoms. The summed E-state index contributed by atoms with van der Waals surface area (Å²) in [5.74, 6) is 0. The van der Waals surface area contributed by atoms with E-state index in [0.29, 0.717) is 0 Å². The molecule has 2 N–H and O–H groups in total. The molecule has 0 atom stereocenters. The van der Waals surface area contributed by atoms with Gasteiger partial charge in [0.2, 0.25) is 0 Å². The highest BCUT2D eigenvalue weighted by atomic mass is 15.0. The summed E-state index contributed by atoms with van der Waals surface area (Å²) in [4.78, 5) is 4.19. The van der Waals surface area contributed by atoms with Crippen LogP contribution < -0.4 is 10.6 Å². The molecule has 1 aromatic rings. The van der Waals surface area contributed by atoms with Gasteiger partial charge in [-0.1, -0.05) is 0 Å². The van der Waals surface area contributed by atoms with Gasteiger partial charge in [0.15, 0.2) is 0 Å². The number of imidazole rings is 1. The largest absolute Gasteiger partial charge is 0.340 e. The number of aryl methyl sites for hydroxylation is 1. The molecule has 1 aromatic heterocycles. The Morgan fingerprint density at radius 3 is 2.92 bits per heavy atom. The van der Waals surface area contributed by atoms with Crippen molar-refractivity contribution < 1.29 is 0 Å². The average Bonchev–Trinajstić information content (AvgIpc) is 2.45. The van der Waals surface area contributed by atoms with Gasteiger partial charge in [0.25, 0.3) is 0 Å². The molecule has 0 unspecified atom stereocenters. The van der Waals surface area contributed by atoms with E-state index in [1.54, 1.807) is 0 Å². The Bertz CT molecular complexity index is 219. The van der Waals surface area contributed by atoms with E-state index in [4.69, 9.17) is 0 Å². The lowest BCUT2D eigenvalue weighted by molar-refractivity contribution is 0.643. The molecule has 0 fully saturated rings. The third-order valence-electron chi connectivity index (χ3n) is 1.62. The first-order valence-electron chi connectivity index (χ1n) is 4.15. The summed E-state index contributed by atoms with van der Waals surface area (Å²) in [6.07, 6.45) is 3.83. The molecular formula is C8H16N4. The van der Waals surface area contributed by atoms with E-state index in [1.165, 1.54) is 0 Å². The summed E-state index contributed by atoms with van der Waals surface area (Å²) in [5, 5.41) is 6.35. The number of hydrogen-bond donors (Lipinski definition) is 2. The zero-order valence-electron chi connectivity index (χ0n) is 7.67. The number of hydrogen-bond acceptors (Lipinski definition) is 3. The van der Waals surface area contributed by atoms with E-state index in [0.717, 1.165) is 25.3 Å². The Hall–Kier alpha value is -0.870. The van der Waals surface area contributed by atoms with Gasteiger partial charge in [-0.25, -0.2) is 4.98 Å². The number of aromatic nitrogens is 2. The fourth-order valence-electron chi connectivity index (χ4n) is 0.988. The zero-order chi connectivity index (χ0) is 8.81. The van der Waals surface area contributed by atoms with Crippen LogP contribution in [-0.4, -0.2) is 29.7 Å². The van der Waals surface area contributed by atoms with Gasteiger partial charge in [0.1, 0.15) is 0 Å². The molecule has 0 aliphatic carbocycles. The topological polar surface area (TPSA) is 41.9 Å². The van der Waals surface area contributed by atoms with Crippen LogP contribution in [0.25, 0.3) is 0 Å². The lowest BCUT2D eigenvalue weighted by Crippen LogP contribution is -2.24. The first-order chi connectivity index (χ1) is 5.83. The number of nitrogens with one attached hydrogen (secondary N) is 2. The maximum atomic E-state index is 4.19. The van der Waals surface area contributed by atoms with Gasteiger partial charge in [0, 0.05) is 32.9 Å². The summed E-state index contributed by atoms with van der Waals surface area (Å²) in [6.45, 7) is 2.82. The fraction of sp³-hybridized carbons (Fsp3) is 0.625. The molecule has 0 saturated heterocycles. The first-order valence-corrected chi connectivity index (χ1v) is 4.15. The maximum Gasteiger partial charge on any atom is 0.0947 e. The first kappa shape index (κ1) is 9.22. The van der Waals surface area contributed by atoms with Crippen LogP contribution in [0.1, 0.15) is 5.69 Å². The number of likely N-dealkylation sites (N-methyl/N-ethyl adjacent to an activating group) is 1. The molecule has 4 heteroatoms. The molecule has 0 aliphatic heterocycles. The van der Waals surface area contributed by atoms with Crippen molar-refractivity contribution in [1.29, 1.82) is 0 Å². The second-order valence-corrected chi connectivity index (χ2v) is 2.81. The van der Waals surface area contributed by atoms with Crippen LogP contribution >= 0.6 is 0 Å². The molecule has 0 saturated carbocycles. The maximum absolute atomic E-state index is 4.19. The molecule has 0 radical (unpaired) electrons. The van der Waals surface area contributed by atoms with Gasteiger partial charge in [0.05, 0.1) is 12.0 Å². The quantitative estimate of drug-likeness (QED) is 0.595. The summed E-state index contributed by atoms with van der Waals surface area (Å²) in [6, 6.07) is 0. The Balaban J connectivity index is 2.15. The van der Waals surface area contributed by atoms with Crippen LogP contribution in [0.5, 0.6) is 0 Å². The monoisotopic (exact) mass is 168 g/mol. The van der Waals surface area contributed by atoms with Gasteiger partial charge >= 0.3 is 0 Å². The van der Waals surface area contributed by atoms with Crippen molar-refractivity contribution in [3.8, 4) is 0 Å². The van der Waals surface area contributed by atoms with Crippen LogP contribution in [-0.2, 0) is 13.6 Å². The summed E-state index contributed by atoms with van der Waals surface area (Å²) in [5.41, 5.74) is 1.09. The Morgan fingerprint density at radius 2 is 2.33 bits per heavy atom. The SMILES string of the molecule is CNCCNCc1cn(C)cn1. The van der Waals surface area contributed by atoms with Crippen molar-refractivity contribution in [2.24, 2.45) is 7.05 Å². The summed E-state index contributed by atoms with van der Waals surface area (Å²) >= 11 is 0. The molecule has 0 amide bonds. The highest BCUT2D eigenvalue weighted by Crippen LogP contribution is 1.91. The third kappa shape index (κ3) is 3.02. The van der Waals surface area contributed by atoms with Gasteiger partial charge < -0.3 is 15.2 Å². The van der Waals surface area contributed by atoms with Crippen LogP contribution in [0.2, 0.25) is 0 Å². The van der Waals surface area contributed by atoms with Crippen molar-refractivity contribution in [2.45, 2.75) is 6.54 Å². The Labute approximate surface area is 73.0 Å². The van der Waals surface area contributed by atoms with Crippen molar-refractivity contribution in [2.75, 3.05) is 20.1 Å². The predicted molar refractivity (Wildman–Crippen MR) is 48.8 cm³/mol. The van der Waals surface area contributed by atoms with Gasteiger partial charge in [-0.3, -0.25) is 0 Å². The third-order valence-corrected chi connectivity index (χ3v) is 1.62. The van der Waals surface area contributed by atoms with E-state index in [2.05, 4.69) is 15.6 Å². The van der Waals surface area contributed by atoms with Crippen molar-refractivity contribution in [3.05, 3.63) is 18.2 Å². The van der Waals surface area contributed by atoms with Crippen molar-refractivity contribution in [1.82, 2.24) is 20.2 Å². The second-order valence-electron chi connectivity index (χ2n) is 2.81. The van der Waals surface area contributed by atoms with Gasteiger partial charge in [-0.05, 0) is 7.05 Å². The standard InChI is InChI=1S/C8H16N4/c1-9-3-4-10-5-8-6-12(2)7-11-8/h6-7,9-10H,3-5H2,1-2H3. The minimum atomic E-state index is 0.850. The summed E-state index contributed by atoms with van der Waals surface area (Å²) < 4.78 is 1.95. The highest BCUT2D eigenvalue weighted by molar-refractivity contribution is 4.95. The van der Waals surface area contributed by atoms with Crippen LogP contribution in [0, 0.1) is 0 Å². The second kappa shape index (κ2) is 4.90. The average molecular weight is 168 g/mol. The number of nitrogens with zero attached hydrogens (tertiary/aromatic N) is 2. The smallest absolute Gasteiger partial charge is 0.0947 e. The molecule has 0 spiro atoms. The molecule has 68 valence electrons. The van der Waals surface area contributed by atoms with Crippen molar-refractivity contribution in [3.63, 3.8) is 0 Å². The zero-order valence-corrected chi connectivity index (χ0v) is 7.67. The molecule has 0 aliphatic rings. The molecule has 4 nitrogen and oxygen atoms in total. The van der Waals surface area contributed by atoms with Crippen LogP contribution in [0.15, 0.2) is 12.5 Å². The predicted octanol–water partition coefficient (Wildman–Crippen LogP) is -0.271. The normalized spacial score (nSPS) is 10.5. The lowest BCUT2D eigenvalue weighted by Gasteiger charge is -2.00. The summed E-state index contributed by atoms with van der Waals surface area (Å²) in [7, 11) is 3.92. The van der Waals surface area contributed by atoms with Crippen LogP contribution in [0.3, 0.4) is 0 Å². The molecule has 0 bridgehead atoms. The molecular weight excluding hydrogens is 152 g/mol. The van der Waals surface area contributed by atoms with Crippen LogP contribution in [0.4, 0.5) is 0 Å². The van der Waals surface area contributed by atoms with E-state index >= 15 is 0 Å².